The van der Waals surface area contributed by atoms with Crippen LogP contribution in [-0.2, 0) is 13.1 Å². The summed E-state index contributed by atoms with van der Waals surface area (Å²) in [6.45, 7) is 1.48. The minimum atomic E-state index is 0.657. The summed E-state index contributed by atoms with van der Waals surface area (Å²) in [7, 11) is 5.19. The molecule has 0 aliphatic rings. The molecule has 5 nitrogen and oxygen atoms in total. The molecule has 0 saturated heterocycles. The van der Waals surface area contributed by atoms with Gasteiger partial charge in [0.15, 0.2) is 11.5 Å². The summed E-state index contributed by atoms with van der Waals surface area (Å²) in [5.41, 5.74) is 2.06. The van der Waals surface area contributed by atoms with E-state index in [4.69, 9.17) is 9.47 Å². The molecule has 5 heteroatoms. The first-order valence-corrected chi connectivity index (χ1v) is 6.14. The van der Waals surface area contributed by atoms with Crippen molar-refractivity contribution < 1.29 is 9.47 Å². The number of pyridine rings is 1. The van der Waals surface area contributed by atoms with Gasteiger partial charge in [-0.1, -0.05) is 0 Å². The minimum Gasteiger partial charge on any atom is -0.493 e. The Morgan fingerprint density at radius 2 is 2.11 bits per heavy atom. The van der Waals surface area contributed by atoms with Crippen molar-refractivity contribution in [1.29, 1.82) is 0 Å². The summed E-state index contributed by atoms with van der Waals surface area (Å²) in [4.78, 5) is 4.39. The Balaban J connectivity index is 2.30. The second kappa shape index (κ2) is 6.24. The molecule has 0 radical (unpaired) electrons. The number of aromatic nitrogens is 2. The molecule has 0 atom stereocenters. The molecule has 0 bridgehead atoms. The largest absolute Gasteiger partial charge is 0.493 e. The zero-order valence-electron chi connectivity index (χ0n) is 11.5. The van der Waals surface area contributed by atoms with Gasteiger partial charge < -0.3 is 19.4 Å². The number of hydrogen-bond acceptors (Lipinski definition) is 4. The van der Waals surface area contributed by atoms with Gasteiger partial charge in [-0.05, 0) is 19.2 Å². The van der Waals surface area contributed by atoms with Gasteiger partial charge in [0.25, 0.3) is 0 Å². The van der Waals surface area contributed by atoms with Crippen LogP contribution in [0.25, 0.3) is 0 Å². The normalized spacial score (nSPS) is 10.5. The van der Waals surface area contributed by atoms with Gasteiger partial charge in [-0.15, -0.1) is 0 Å². The molecule has 19 heavy (non-hydrogen) atoms. The fourth-order valence-electron chi connectivity index (χ4n) is 2.07. The van der Waals surface area contributed by atoms with E-state index in [2.05, 4.69) is 20.9 Å². The average Bonchev–Trinajstić information content (AvgIpc) is 2.86. The summed E-state index contributed by atoms with van der Waals surface area (Å²) in [6, 6.07) is 5.91. The number of rotatable bonds is 6. The highest BCUT2D eigenvalue weighted by atomic mass is 16.5. The predicted octanol–water partition coefficient (Wildman–Crippen LogP) is 1.67. The van der Waals surface area contributed by atoms with Crippen LogP contribution in [0, 0.1) is 0 Å². The van der Waals surface area contributed by atoms with Crippen LogP contribution in [0.2, 0.25) is 0 Å². The molecular formula is C14H19N3O2. The van der Waals surface area contributed by atoms with Gasteiger partial charge in [0.2, 0.25) is 0 Å². The lowest BCUT2D eigenvalue weighted by Crippen LogP contribution is -2.12. The van der Waals surface area contributed by atoms with E-state index in [0.717, 1.165) is 12.2 Å². The lowest BCUT2D eigenvalue weighted by atomic mass is 10.3. The molecule has 0 aliphatic heterocycles. The monoisotopic (exact) mass is 261 g/mol. The van der Waals surface area contributed by atoms with Gasteiger partial charge in [0.1, 0.15) is 5.69 Å². The molecule has 0 saturated carbocycles. The van der Waals surface area contributed by atoms with Crippen LogP contribution in [-0.4, -0.2) is 30.8 Å². The molecule has 0 amide bonds. The number of methoxy groups -OCH3 is 2. The highest BCUT2D eigenvalue weighted by Gasteiger charge is 2.12. The average molecular weight is 261 g/mol. The maximum Gasteiger partial charge on any atom is 0.184 e. The van der Waals surface area contributed by atoms with E-state index in [9.17, 15) is 0 Å². The molecular weight excluding hydrogens is 242 g/mol. The van der Waals surface area contributed by atoms with Gasteiger partial charge in [-0.3, -0.25) is 4.98 Å². The zero-order chi connectivity index (χ0) is 13.7. The van der Waals surface area contributed by atoms with E-state index in [1.165, 1.54) is 5.69 Å². The summed E-state index contributed by atoms with van der Waals surface area (Å²) in [5, 5.41) is 3.15. The van der Waals surface area contributed by atoms with Gasteiger partial charge in [0.05, 0.1) is 20.8 Å². The molecule has 0 unspecified atom stereocenters. The topological polar surface area (TPSA) is 48.3 Å². The summed E-state index contributed by atoms with van der Waals surface area (Å²) in [5.74, 6) is 1.39. The van der Waals surface area contributed by atoms with Crippen LogP contribution in [0.4, 0.5) is 0 Å². The molecule has 102 valence electrons. The van der Waals surface area contributed by atoms with Crippen molar-refractivity contribution in [2.24, 2.45) is 0 Å². The molecule has 1 N–H and O–H groups in total. The maximum absolute atomic E-state index is 5.40. The Hall–Kier alpha value is -2.01. The van der Waals surface area contributed by atoms with Crippen molar-refractivity contribution in [2.45, 2.75) is 13.1 Å². The smallest absolute Gasteiger partial charge is 0.184 e. The quantitative estimate of drug-likeness (QED) is 0.859. The van der Waals surface area contributed by atoms with Crippen molar-refractivity contribution in [3.05, 3.63) is 42.0 Å². The van der Waals surface area contributed by atoms with Crippen molar-refractivity contribution in [3.8, 4) is 11.5 Å². The van der Waals surface area contributed by atoms with Gasteiger partial charge in [-0.2, -0.15) is 0 Å². The van der Waals surface area contributed by atoms with Gasteiger partial charge in [0, 0.05) is 30.7 Å². The van der Waals surface area contributed by atoms with Crippen LogP contribution in [0.3, 0.4) is 0 Å². The second-order valence-corrected chi connectivity index (χ2v) is 4.15. The fraction of sp³-hybridized carbons (Fsp3) is 0.357. The third-order valence-electron chi connectivity index (χ3n) is 2.97. The van der Waals surface area contributed by atoms with E-state index in [0.29, 0.717) is 18.0 Å². The predicted molar refractivity (Wildman–Crippen MR) is 73.6 cm³/mol. The van der Waals surface area contributed by atoms with E-state index in [-0.39, 0.29) is 0 Å². The molecule has 2 aromatic heterocycles. The fourth-order valence-corrected chi connectivity index (χ4v) is 2.07. The Bertz CT molecular complexity index is 537. The Labute approximate surface area is 113 Å². The van der Waals surface area contributed by atoms with Crippen molar-refractivity contribution in [1.82, 2.24) is 14.9 Å². The Kier molecular flexibility index (Phi) is 4.41. The van der Waals surface area contributed by atoms with Gasteiger partial charge in [-0.25, -0.2) is 0 Å². The first kappa shape index (κ1) is 13.4. The second-order valence-electron chi connectivity index (χ2n) is 4.15. The van der Waals surface area contributed by atoms with Crippen LogP contribution >= 0.6 is 0 Å². The van der Waals surface area contributed by atoms with Crippen molar-refractivity contribution in [2.75, 3.05) is 21.3 Å². The van der Waals surface area contributed by atoms with E-state index < -0.39 is 0 Å². The van der Waals surface area contributed by atoms with Crippen molar-refractivity contribution >= 4 is 0 Å². The maximum atomic E-state index is 5.40. The molecule has 0 aromatic carbocycles. The van der Waals surface area contributed by atoms with Crippen LogP contribution in [0.5, 0.6) is 11.5 Å². The number of nitrogens with one attached hydrogen (secondary N) is 1. The summed E-state index contributed by atoms with van der Waals surface area (Å²) in [6.07, 6.45) is 3.77. The molecule has 0 fully saturated rings. The minimum absolute atomic E-state index is 0.657. The molecule has 2 aromatic rings. The third kappa shape index (κ3) is 2.88. The number of nitrogens with zero attached hydrogens (tertiary/aromatic N) is 2. The van der Waals surface area contributed by atoms with E-state index in [1.807, 2.05) is 19.3 Å². The number of hydrogen-bond donors (Lipinski definition) is 1. The number of ether oxygens (including phenoxy) is 2. The Morgan fingerprint density at radius 1 is 1.26 bits per heavy atom. The highest BCUT2D eigenvalue weighted by Crippen LogP contribution is 2.29. The lowest BCUT2D eigenvalue weighted by Gasteiger charge is -2.13. The Morgan fingerprint density at radius 3 is 2.79 bits per heavy atom. The summed E-state index contributed by atoms with van der Waals surface area (Å²) < 4.78 is 12.8. The first-order valence-electron chi connectivity index (χ1n) is 6.14. The van der Waals surface area contributed by atoms with Crippen LogP contribution in [0.1, 0.15) is 11.4 Å². The van der Waals surface area contributed by atoms with E-state index >= 15 is 0 Å². The lowest BCUT2D eigenvalue weighted by molar-refractivity contribution is 0.348. The van der Waals surface area contributed by atoms with Gasteiger partial charge >= 0.3 is 0 Å². The first-order chi connectivity index (χ1) is 9.30. The molecule has 0 aliphatic carbocycles. The van der Waals surface area contributed by atoms with Crippen LogP contribution in [0.15, 0.2) is 30.6 Å². The van der Waals surface area contributed by atoms with Crippen molar-refractivity contribution in [3.63, 3.8) is 0 Å². The third-order valence-corrected chi connectivity index (χ3v) is 2.97. The highest BCUT2D eigenvalue weighted by molar-refractivity contribution is 5.42. The van der Waals surface area contributed by atoms with Crippen LogP contribution < -0.4 is 14.8 Å². The molecule has 0 spiro atoms. The van der Waals surface area contributed by atoms with E-state index in [1.54, 1.807) is 26.5 Å². The zero-order valence-corrected chi connectivity index (χ0v) is 11.5. The molecule has 2 heterocycles. The standard InChI is InChI=1S/C14H19N3O2/c1-15-9-11-5-4-8-17(11)10-12-14(19-3)13(18-2)6-7-16-12/h4-8,15H,9-10H2,1-3H3. The summed E-state index contributed by atoms with van der Waals surface area (Å²) >= 11 is 0. The SMILES string of the molecule is CNCc1cccn1Cc1nccc(OC)c1OC. The molecule has 2 rings (SSSR count).